The van der Waals surface area contributed by atoms with Crippen LogP contribution in [0.2, 0.25) is 0 Å². The Morgan fingerprint density at radius 1 is 1.10 bits per heavy atom. The summed E-state index contributed by atoms with van der Waals surface area (Å²) in [5.74, 6) is -0.702. The molecule has 0 fully saturated rings. The van der Waals surface area contributed by atoms with E-state index >= 15 is 0 Å². The van der Waals surface area contributed by atoms with E-state index in [9.17, 15) is 13.6 Å². The van der Waals surface area contributed by atoms with E-state index in [4.69, 9.17) is 19.6 Å². The Balaban J connectivity index is 0.00000166. The quantitative estimate of drug-likeness (QED) is 0.583. The summed E-state index contributed by atoms with van der Waals surface area (Å²) in [6, 6.07) is 8.15. The summed E-state index contributed by atoms with van der Waals surface area (Å²) < 4.78 is 42.8. The number of methoxy groups -OCH3 is 2. The second-order valence-electron chi connectivity index (χ2n) is 5.98. The van der Waals surface area contributed by atoms with Gasteiger partial charge in [-0.2, -0.15) is 0 Å². The smallest absolute Gasteiger partial charge is 0.273 e. The van der Waals surface area contributed by atoms with Crippen LogP contribution >= 0.6 is 0 Å². The minimum Gasteiger partial charge on any atom is -0.493 e. The lowest BCUT2D eigenvalue weighted by Gasteiger charge is -2.07. The third-order valence-corrected chi connectivity index (χ3v) is 4.18. The number of hydrogen-bond acceptors (Lipinski definition) is 6. The molecule has 1 aromatic heterocycles. The number of rotatable bonds is 7. The van der Waals surface area contributed by atoms with E-state index in [0.717, 1.165) is 12.1 Å². The van der Waals surface area contributed by atoms with Gasteiger partial charge < -0.3 is 24.9 Å². The normalized spacial score (nSPS) is 10.2. The number of halogens is 2. The summed E-state index contributed by atoms with van der Waals surface area (Å²) in [5, 5.41) is 2.53. The maximum absolute atomic E-state index is 13.7. The Kier molecular flexibility index (Phi) is 8.51. The first kappa shape index (κ1) is 23.8. The van der Waals surface area contributed by atoms with Gasteiger partial charge in [0.2, 0.25) is 5.89 Å². The largest absolute Gasteiger partial charge is 0.493 e. The van der Waals surface area contributed by atoms with Crippen LogP contribution in [0.4, 0.5) is 8.78 Å². The van der Waals surface area contributed by atoms with Crippen molar-refractivity contribution in [1.29, 1.82) is 0 Å². The minimum absolute atomic E-state index is 0.0141. The highest BCUT2D eigenvalue weighted by Gasteiger charge is 2.21. The second-order valence-corrected chi connectivity index (χ2v) is 5.98. The van der Waals surface area contributed by atoms with Gasteiger partial charge in [0.05, 0.1) is 20.8 Å². The lowest BCUT2D eigenvalue weighted by Crippen LogP contribution is -2.25. The molecule has 166 valence electrons. The molecule has 3 N–H and O–H groups in total. The van der Waals surface area contributed by atoms with Gasteiger partial charge in [0, 0.05) is 23.7 Å². The van der Waals surface area contributed by atoms with Crippen molar-refractivity contribution in [3.63, 3.8) is 0 Å². The van der Waals surface area contributed by atoms with Crippen molar-refractivity contribution in [1.82, 2.24) is 10.3 Å². The van der Waals surface area contributed by atoms with Crippen LogP contribution < -0.4 is 20.5 Å². The number of oxazole rings is 1. The molecule has 2 aromatic carbocycles. The SMILES string of the molecule is CC.COc1ccc(-c2nc(C(=O)NCc3ccc(F)cc3F)c(CN)o2)cc1OC. The van der Waals surface area contributed by atoms with Crippen LogP contribution in [0.15, 0.2) is 40.8 Å². The number of hydrogen-bond donors (Lipinski definition) is 2. The molecule has 3 rings (SSSR count). The number of carbonyl (C=O) groups is 1. The van der Waals surface area contributed by atoms with E-state index in [-0.39, 0.29) is 36.0 Å². The van der Waals surface area contributed by atoms with E-state index in [1.807, 2.05) is 13.8 Å². The Bertz CT molecular complexity index is 1040. The number of benzene rings is 2. The Morgan fingerprint density at radius 3 is 2.42 bits per heavy atom. The van der Waals surface area contributed by atoms with E-state index in [2.05, 4.69) is 10.3 Å². The first-order chi connectivity index (χ1) is 15.0. The fourth-order valence-electron chi connectivity index (χ4n) is 2.68. The molecule has 1 amide bonds. The lowest BCUT2D eigenvalue weighted by molar-refractivity contribution is 0.0944. The van der Waals surface area contributed by atoms with Crippen LogP contribution in [0.1, 0.15) is 35.7 Å². The molecule has 0 saturated heterocycles. The predicted molar refractivity (Wildman–Crippen MR) is 112 cm³/mol. The zero-order valence-electron chi connectivity index (χ0n) is 17.8. The zero-order valence-corrected chi connectivity index (χ0v) is 17.8. The van der Waals surface area contributed by atoms with Gasteiger partial charge in [-0.1, -0.05) is 19.9 Å². The Hall–Kier alpha value is -3.46. The number of ether oxygens (including phenoxy) is 2. The van der Waals surface area contributed by atoms with Crippen molar-refractivity contribution in [2.24, 2.45) is 5.73 Å². The molecule has 3 aromatic rings. The molecule has 7 nitrogen and oxygen atoms in total. The van der Waals surface area contributed by atoms with Crippen molar-refractivity contribution in [3.8, 4) is 23.0 Å². The maximum Gasteiger partial charge on any atom is 0.273 e. The molecule has 1 heterocycles. The Morgan fingerprint density at radius 2 is 1.81 bits per heavy atom. The van der Waals surface area contributed by atoms with E-state index in [1.165, 1.54) is 20.3 Å². The fraction of sp³-hybridized carbons (Fsp3) is 0.273. The molecule has 0 spiro atoms. The number of amides is 1. The highest BCUT2D eigenvalue weighted by molar-refractivity contribution is 5.93. The van der Waals surface area contributed by atoms with Crippen molar-refractivity contribution >= 4 is 5.91 Å². The summed E-state index contributed by atoms with van der Waals surface area (Å²) >= 11 is 0. The third kappa shape index (κ3) is 5.58. The number of nitrogens with zero attached hydrogens (tertiary/aromatic N) is 1. The van der Waals surface area contributed by atoms with Crippen LogP contribution in [0.25, 0.3) is 11.5 Å². The van der Waals surface area contributed by atoms with Crippen molar-refractivity contribution in [2.75, 3.05) is 14.2 Å². The van der Waals surface area contributed by atoms with Crippen LogP contribution in [0, 0.1) is 11.6 Å². The van der Waals surface area contributed by atoms with Gasteiger partial charge in [0.15, 0.2) is 23.0 Å². The summed E-state index contributed by atoms with van der Waals surface area (Å²) in [4.78, 5) is 16.7. The first-order valence-electron chi connectivity index (χ1n) is 9.61. The average Bonchev–Trinajstić information content (AvgIpc) is 3.24. The number of aromatic nitrogens is 1. The van der Waals surface area contributed by atoms with E-state index < -0.39 is 17.5 Å². The van der Waals surface area contributed by atoms with Crippen LogP contribution in [-0.4, -0.2) is 25.1 Å². The number of nitrogens with two attached hydrogens (primary N) is 1. The van der Waals surface area contributed by atoms with Crippen molar-refractivity contribution in [2.45, 2.75) is 26.9 Å². The molecule has 0 aliphatic rings. The van der Waals surface area contributed by atoms with Crippen LogP contribution in [0.5, 0.6) is 11.5 Å². The summed E-state index contributed by atoms with van der Waals surface area (Å²) in [5.41, 5.74) is 6.35. The summed E-state index contributed by atoms with van der Waals surface area (Å²) in [6.45, 7) is 3.79. The van der Waals surface area contributed by atoms with Crippen molar-refractivity contribution in [3.05, 3.63) is 65.1 Å². The highest BCUT2D eigenvalue weighted by atomic mass is 19.1. The summed E-state index contributed by atoms with van der Waals surface area (Å²) in [6.07, 6.45) is 0. The zero-order chi connectivity index (χ0) is 23.0. The van der Waals surface area contributed by atoms with Gasteiger partial charge >= 0.3 is 0 Å². The monoisotopic (exact) mass is 433 g/mol. The topological polar surface area (TPSA) is 99.6 Å². The van der Waals surface area contributed by atoms with Crippen LogP contribution in [0.3, 0.4) is 0 Å². The maximum atomic E-state index is 13.7. The molecule has 0 atom stereocenters. The van der Waals surface area contributed by atoms with Gasteiger partial charge in [-0.15, -0.1) is 0 Å². The standard InChI is InChI=1S/C20H19F2N3O4.C2H6/c1-27-15-6-4-11(7-16(15)28-2)20-25-18(17(9-23)29-20)19(26)24-10-12-3-5-13(21)8-14(12)22;1-2/h3-8H,9-10,23H2,1-2H3,(H,24,26);1-2H3. The fourth-order valence-corrected chi connectivity index (χ4v) is 2.68. The molecule has 0 aliphatic carbocycles. The molecule has 0 bridgehead atoms. The van der Waals surface area contributed by atoms with Gasteiger partial charge in [0.1, 0.15) is 11.6 Å². The molecule has 0 aliphatic heterocycles. The molecular weight excluding hydrogens is 408 g/mol. The highest BCUT2D eigenvalue weighted by Crippen LogP contribution is 2.32. The van der Waals surface area contributed by atoms with Gasteiger partial charge in [-0.05, 0) is 24.3 Å². The molecule has 9 heteroatoms. The van der Waals surface area contributed by atoms with E-state index in [0.29, 0.717) is 17.1 Å². The van der Waals surface area contributed by atoms with E-state index in [1.54, 1.807) is 18.2 Å². The van der Waals surface area contributed by atoms with Crippen LogP contribution in [-0.2, 0) is 13.1 Å². The number of carbonyl (C=O) groups excluding carboxylic acids is 1. The molecule has 31 heavy (non-hydrogen) atoms. The molecule has 0 unspecified atom stereocenters. The first-order valence-corrected chi connectivity index (χ1v) is 9.61. The van der Waals surface area contributed by atoms with Crippen molar-refractivity contribution < 1.29 is 27.5 Å². The number of nitrogens with one attached hydrogen (secondary N) is 1. The molecular formula is C22H25F2N3O4. The summed E-state index contributed by atoms with van der Waals surface area (Å²) in [7, 11) is 3.01. The van der Waals surface area contributed by atoms with Gasteiger partial charge in [-0.25, -0.2) is 13.8 Å². The third-order valence-electron chi connectivity index (χ3n) is 4.18. The molecule has 0 saturated carbocycles. The Labute approximate surface area is 179 Å². The lowest BCUT2D eigenvalue weighted by atomic mass is 10.2. The average molecular weight is 433 g/mol. The van der Waals surface area contributed by atoms with Gasteiger partial charge in [-0.3, -0.25) is 4.79 Å². The second kappa shape index (κ2) is 11.1. The predicted octanol–water partition coefficient (Wildman–Crippen LogP) is 4.05. The van der Waals surface area contributed by atoms with Gasteiger partial charge in [0.25, 0.3) is 5.91 Å². The molecule has 0 radical (unpaired) electrons. The minimum atomic E-state index is -0.754.